The highest BCUT2D eigenvalue weighted by molar-refractivity contribution is 8.03. The molecule has 0 aliphatic carbocycles. The van der Waals surface area contributed by atoms with Gasteiger partial charge in [-0.25, -0.2) is 0 Å². The zero-order valence-electron chi connectivity index (χ0n) is 15.6. The van der Waals surface area contributed by atoms with Crippen molar-refractivity contribution in [3.05, 3.63) is 87.9 Å². The second-order valence-corrected chi connectivity index (χ2v) is 7.36. The van der Waals surface area contributed by atoms with Crippen molar-refractivity contribution in [2.75, 3.05) is 5.75 Å². The van der Waals surface area contributed by atoms with Crippen LogP contribution in [-0.4, -0.2) is 22.3 Å². The van der Waals surface area contributed by atoms with Crippen LogP contribution in [-0.2, 0) is 4.79 Å². The van der Waals surface area contributed by atoms with E-state index in [1.54, 1.807) is 30.6 Å². The summed E-state index contributed by atoms with van der Waals surface area (Å²) in [5.74, 6) is -0.420. The van der Waals surface area contributed by atoms with E-state index in [-0.39, 0.29) is 17.3 Å². The van der Waals surface area contributed by atoms with Crippen molar-refractivity contribution < 1.29 is 9.59 Å². The third kappa shape index (κ3) is 4.05. The van der Waals surface area contributed by atoms with Crippen LogP contribution in [0.4, 0.5) is 0 Å². The molecule has 1 aromatic heterocycles. The van der Waals surface area contributed by atoms with E-state index in [4.69, 9.17) is 0 Å². The standard InChI is InChI=1S/C22H19N3O2S/c1-14-20(15(2)26)21(17-9-6-10-24-12-17)18(11-23)22(25-14)28-13-19(27)16-7-4-3-5-8-16/h3-10,12,21,25H,13H2,1-2H3. The zero-order chi connectivity index (χ0) is 20.1. The van der Waals surface area contributed by atoms with E-state index in [2.05, 4.69) is 16.4 Å². The van der Waals surface area contributed by atoms with E-state index in [1.807, 2.05) is 31.2 Å². The SMILES string of the molecule is CC(=O)C1=C(C)NC(SCC(=O)c2ccccc2)=C(C#N)C1c1cccnc1. The van der Waals surface area contributed by atoms with Crippen molar-refractivity contribution in [1.29, 1.82) is 5.26 Å². The minimum atomic E-state index is -0.494. The van der Waals surface area contributed by atoms with Gasteiger partial charge in [-0.15, -0.1) is 0 Å². The number of allylic oxidation sites excluding steroid dienone is 3. The molecule has 2 heterocycles. The molecule has 1 aliphatic heterocycles. The lowest BCUT2D eigenvalue weighted by Crippen LogP contribution is -2.27. The summed E-state index contributed by atoms with van der Waals surface area (Å²) in [6, 6.07) is 14.9. The number of nitrogens with one attached hydrogen (secondary N) is 1. The molecule has 1 aliphatic rings. The Morgan fingerprint density at radius 3 is 2.57 bits per heavy atom. The molecule has 0 saturated heterocycles. The smallest absolute Gasteiger partial charge is 0.173 e. The van der Waals surface area contributed by atoms with Gasteiger partial charge >= 0.3 is 0 Å². The number of thioether (sulfide) groups is 1. The summed E-state index contributed by atoms with van der Waals surface area (Å²) in [7, 11) is 0. The van der Waals surface area contributed by atoms with E-state index in [0.29, 0.717) is 27.4 Å². The number of Topliss-reactive ketones (excluding diaryl/α,β-unsaturated/α-hetero) is 2. The van der Waals surface area contributed by atoms with E-state index in [0.717, 1.165) is 5.56 Å². The van der Waals surface area contributed by atoms with Gasteiger partial charge in [-0.05, 0) is 25.5 Å². The summed E-state index contributed by atoms with van der Waals surface area (Å²) < 4.78 is 0. The van der Waals surface area contributed by atoms with Crippen LogP contribution in [0.25, 0.3) is 0 Å². The Kier molecular flexibility index (Phi) is 6.07. The average molecular weight is 389 g/mol. The minimum Gasteiger partial charge on any atom is -0.353 e. The Hall–Kier alpha value is -3.17. The Morgan fingerprint density at radius 2 is 1.96 bits per heavy atom. The monoisotopic (exact) mass is 389 g/mol. The van der Waals surface area contributed by atoms with Crippen molar-refractivity contribution in [3.63, 3.8) is 0 Å². The molecule has 1 N–H and O–H groups in total. The van der Waals surface area contributed by atoms with Crippen LogP contribution in [0, 0.1) is 11.3 Å². The highest BCUT2D eigenvalue weighted by Crippen LogP contribution is 2.40. The minimum absolute atomic E-state index is 0.0193. The first-order valence-corrected chi connectivity index (χ1v) is 9.75. The topological polar surface area (TPSA) is 82.9 Å². The lowest BCUT2D eigenvalue weighted by molar-refractivity contribution is -0.113. The molecule has 0 radical (unpaired) electrons. The average Bonchev–Trinajstić information content (AvgIpc) is 2.72. The van der Waals surface area contributed by atoms with Gasteiger partial charge in [-0.1, -0.05) is 48.2 Å². The third-order valence-corrected chi connectivity index (χ3v) is 5.51. The number of carbonyl (C=O) groups is 2. The van der Waals surface area contributed by atoms with E-state index >= 15 is 0 Å². The van der Waals surface area contributed by atoms with Crippen LogP contribution < -0.4 is 5.32 Å². The molecule has 28 heavy (non-hydrogen) atoms. The van der Waals surface area contributed by atoms with Crippen LogP contribution in [0.2, 0.25) is 0 Å². The maximum atomic E-state index is 12.5. The van der Waals surface area contributed by atoms with E-state index in [1.165, 1.54) is 18.7 Å². The number of nitriles is 1. The first kappa shape index (κ1) is 19.6. The highest BCUT2D eigenvalue weighted by atomic mass is 32.2. The van der Waals surface area contributed by atoms with Gasteiger partial charge in [0.2, 0.25) is 0 Å². The summed E-state index contributed by atoms with van der Waals surface area (Å²) in [4.78, 5) is 28.9. The molecule has 1 atom stereocenters. The maximum absolute atomic E-state index is 12.5. The van der Waals surface area contributed by atoms with Gasteiger partial charge in [0.05, 0.1) is 28.3 Å². The predicted octanol–water partition coefficient (Wildman–Crippen LogP) is 3.98. The number of rotatable bonds is 6. The summed E-state index contributed by atoms with van der Waals surface area (Å²) in [5, 5.41) is 13.6. The van der Waals surface area contributed by atoms with Crippen molar-refractivity contribution in [1.82, 2.24) is 10.3 Å². The normalized spacial score (nSPS) is 16.4. The number of aromatic nitrogens is 1. The second kappa shape index (κ2) is 8.68. The number of benzene rings is 1. The molecule has 1 unspecified atom stereocenters. The molecule has 140 valence electrons. The van der Waals surface area contributed by atoms with Crippen molar-refractivity contribution in [2.45, 2.75) is 19.8 Å². The van der Waals surface area contributed by atoms with Gasteiger partial charge in [0.1, 0.15) is 0 Å². The summed E-state index contributed by atoms with van der Waals surface area (Å²) in [6.07, 6.45) is 3.32. The number of ketones is 2. The molecule has 0 bridgehead atoms. The number of carbonyl (C=O) groups excluding carboxylic acids is 2. The van der Waals surface area contributed by atoms with Crippen molar-refractivity contribution in [3.8, 4) is 6.07 Å². The number of dihydropyridines is 1. The van der Waals surface area contributed by atoms with Gasteiger partial charge < -0.3 is 5.32 Å². The molecular formula is C22H19N3O2S. The molecule has 5 nitrogen and oxygen atoms in total. The first-order chi connectivity index (χ1) is 13.5. The quantitative estimate of drug-likeness (QED) is 0.753. The fourth-order valence-corrected chi connectivity index (χ4v) is 4.20. The molecule has 6 heteroatoms. The summed E-state index contributed by atoms with van der Waals surface area (Å²) >= 11 is 1.28. The molecule has 0 fully saturated rings. The van der Waals surface area contributed by atoms with Crippen molar-refractivity contribution in [2.24, 2.45) is 0 Å². The van der Waals surface area contributed by atoms with Gasteiger partial charge in [0.15, 0.2) is 11.6 Å². The maximum Gasteiger partial charge on any atom is 0.173 e. The van der Waals surface area contributed by atoms with Gasteiger partial charge in [-0.2, -0.15) is 5.26 Å². The lowest BCUT2D eigenvalue weighted by atomic mass is 9.81. The predicted molar refractivity (Wildman–Crippen MR) is 109 cm³/mol. The molecular weight excluding hydrogens is 370 g/mol. The Morgan fingerprint density at radius 1 is 1.21 bits per heavy atom. The lowest BCUT2D eigenvalue weighted by Gasteiger charge is -2.29. The zero-order valence-corrected chi connectivity index (χ0v) is 16.4. The number of pyridine rings is 1. The molecule has 0 spiro atoms. The fourth-order valence-electron chi connectivity index (χ4n) is 3.22. The number of hydrogen-bond acceptors (Lipinski definition) is 6. The van der Waals surface area contributed by atoms with E-state index < -0.39 is 5.92 Å². The number of nitrogens with zero attached hydrogens (tertiary/aromatic N) is 2. The molecule has 0 saturated carbocycles. The van der Waals surface area contributed by atoms with Crippen LogP contribution in [0.5, 0.6) is 0 Å². The van der Waals surface area contributed by atoms with Crippen LogP contribution in [0.3, 0.4) is 0 Å². The molecule has 3 rings (SSSR count). The highest BCUT2D eigenvalue weighted by Gasteiger charge is 2.33. The molecule has 0 amide bonds. The Balaban J connectivity index is 1.95. The Labute approximate surface area is 168 Å². The fraction of sp³-hybridized carbons (Fsp3) is 0.182. The summed E-state index contributed by atoms with van der Waals surface area (Å²) in [5.41, 5.74) is 3.07. The molecule has 1 aromatic carbocycles. The van der Waals surface area contributed by atoms with Crippen LogP contribution in [0.15, 0.2) is 76.7 Å². The van der Waals surface area contributed by atoms with Gasteiger partial charge in [0, 0.05) is 29.2 Å². The van der Waals surface area contributed by atoms with Gasteiger partial charge in [0.25, 0.3) is 0 Å². The van der Waals surface area contributed by atoms with Crippen LogP contribution >= 0.6 is 11.8 Å². The first-order valence-electron chi connectivity index (χ1n) is 8.77. The van der Waals surface area contributed by atoms with Crippen molar-refractivity contribution >= 4 is 23.3 Å². The van der Waals surface area contributed by atoms with E-state index in [9.17, 15) is 14.9 Å². The largest absolute Gasteiger partial charge is 0.353 e. The second-order valence-electron chi connectivity index (χ2n) is 6.37. The van der Waals surface area contributed by atoms with Gasteiger partial charge in [-0.3, -0.25) is 14.6 Å². The summed E-state index contributed by atoms with van der Waals surface area (Å²) in [6.45, 7) is 3.31. The Bertz CT molecular complexity index is 1010. The molecule has 2 aromatic rings. The third-order valence-electron chi connectivity index (χ3n) is 4.49. The van der Waals surface area contributed by atoms with Crippen LogP contribution in [0.1, 0.15) is 35.7 Å². The number of hydrogen-bond donors (Lipinski definition) is 1.